The number of nitrogens with zero attached hydrogens (tertiary/aromatic N) is 1. The lowest BCUT2D eigenvalue weighted by atomic mass is 9.88. The second-order valence-electron chi connectivity index (χ2n) is 8.85. The average molecular weight is 409 g/mol. The van der Waals surface area contributed by atoms with Crippen molar-refractivity contribution < 1.29 is 9.18 Å². The standard InChI is InChI=1S/C26H33FN2O/c1-2-25(22-12-11-19-7-3-4-8-21(19)17-22)28-26(30)20-13-15-29(16-14-20)18-23-9-5-6-10-24(23)27/h5-6,9-12,17,20,25H,2-4,7-8,13-16,18H2,1H3,(H,28,30). The third kappa shape index (κ3) is 4.92. The molecule has 0 aromatic heterocycles. The Kier molecular flexibility index (Phi) is 6.83. The molecule has 1 heterocycles. The number of carbonyl (C=O) groups excluding carboxylic acids is 1. The third-order valence-electron chi connectivity index (χ3n) is 6.81. The Balaban J connectivity index is 1.32. The summed E-state index contributed by atoms with van der Waals surface area (Å²) in [6.45, 7) is 4.43. The van der Waals surface area contributed by atoms with Crippen molar-refractivity contribution in [2.75, 3.05) is 13.1 Å². The highest BCUT2D eigenvalue weighted by molar-refractivity contribution is 5.79. The van der Waals surface area contributed by atoms with E-state index in [1.807, 2.05) is 12.1 Å². The molecular formula is C26H33FN2O. The number of halogens is 1. The van der Waals surface area contributed by atoms with E-state index >= 15 is 0 Å². The summed E-state index contributed by atoms with van der Waals surface area (Å²) in [7, 11) is 0. The summed E-state index contributed by atoms with van der Waals surface area (Å²) in [5.41, 5.74) is 4.92. The van der Waals surface area contributed by atoms with Gasteiger partial charge < -0.3 is 5.32 Å². The van der Waals surface area contributed by atoms with E-state index in [1.165, 1.54) is 42.0 Å². The number of carbonyl (C=O) groups is 1. The van der Waals surface area contributed by atoms with Crippen molar-refractivity contribution in [3.05, 3.63) is 70.5 Å². The predicted molar refractivity (Wildman–Crippen MR) is 119 cm³/mol. The Morgan fingerprint density at radius 1 is 1.10 bits per heavy atom. The Morgan fingerprint density at radius 2 is 1.83 bits per heavy atom. The van der Waals surface area contributed by atoms with E-state index in [2.05, 4.69) is 35.3 Å². The van der Waals surface area contributed by atoms with E-state index in [-0.39, 0.29) is 23.7 Å². The van der Waals surface area contributed by atoms with Crippen LogP contribution in [0.4, 0.5) is 4.39 Å². The van der Waals surface area contributed by atoms with Crippen molar-refractivity contribution in [3.63, 3.8) is 0 Å². The van der Waals surface area contributed by atoms with Crippen LogP contribution in [0.3, 0.4) is 0 Å². The molecule has 2 aliphatic rings. The summed E-state index contributed by atoms with van der Waals surface area (Å²) >= 11 is 0. The van der Waals surface area contributed by atoms with E-state index in [0.29, 0.717) is 6.54 Å². The quantitative estimate of drug-likeness (QED) is 0.714. The molecule has 0 saturated carbocycles. The van der Waals surface area contributed by atoms with Crippen molar-refractivity contribution >= 4 is 5.91 Å². The molecule has 1 amide bonds. The van der Waals surface area contributed by atoms with Crippen LogP contribution in [0.5, 0.6) is 0 Å². The van der Waals surface area contributed by atoms with Crippen LogP contribution in [0.2, 0.25) is 0 Å². The van der Waals surface area contributed by atoms with Crippen molar-refractivity contribution in [1.29, 1.82) is 0 Å². The fourth-order valence-corrected chi connectivity index (χ4v) is 4.90. The molecule has 160 valence electrons. The number of rotatable bonds is 6. The maximum atomic E-state index is 13.9. The summed E-state index contributed by atoms with van der Waals surface area (Å²) < 4.78 is 13.9. The highest BCUT2D eigenvalue weighted by atomic mass is 19.1. The van der Waals surface area contributed by atoms with Crippen molar-refractivity contribution in [2.24, 2.45) is 5.92 Å². The van der Waals surface area contributed by atoms with Crippen molar-refractivity contribution in [3.8, 4) is 0 Å². The maximum absolute atomic E-state index is 13.9. The minimum absolute atomic E-state index is 0.0496. The fourth-order valence-electron chi connectivity index (χ4n) is 4.90. The Hall–Kier alpha value is -2.20. The lowest BCUT2D eigenvalue weighted by Crippen LogP contribution is -2.41. The molecule has 30 heavy (non-hydrogen) atoms. The Morgan fingerprint density at radius 3 is 2.57 bits per heavy atom. The first-order chi connectivity index (χ1) is 14.6. The first-order valence-electron chi connectivity index (χ1n) is 11.5. The maximum Gasteiger partial charge on any atom is 0.223 e. The largest absolute Gasteiger partial charge is 0.349 e. The number of nitrogens with one attached hydrogen (secondary N) is 1. The number of amides is 1. The number of piperidine rings is 1. The third-order valence-corrected chi connectivity index (χ3v) is 6.81. The second kappa shape index (κ2) is 9.74. The van der Waals surface area contributed by atoms with Gasteiger partial charge in [-0.15, -0.1) is 0 Å². The zero-order valence-corrected chi connectivity index (χ0v) is 18.0. The van der Waals surface area contributed by atoms with Gasteiger partial charge in [0.1, 0.15) is 5.82 Å². The van der Waals surface area contributed by atoms with Gasteiger partial charge in [0.25, 0.3) is 0 Å². The van der Waals surface area contributed by atoms with Crippen molar-refractivity contribution in [1.82, 2.24) is 10.2 Å². The fraction of sp³-hybridized carbons (Fsp3) is 0.500. The molecule has 0 bridgehead atoms. The van der Waals surface area contributed by atoms with Crippen LogP contribution in [0, 0.1) is 11.7 Å². The normalized spacial score (nSPS) is 18.6. The molecule has 0 radical (unpaired) electrons. The summed E-state index contributed by atoms with van der Waals surface area (Å²) in [5, 5.41) is 3.32. The first-order valence-corrected chi connectivity index (χ1v) is 11.5. The smallest absolute Gasteiger partial charge is 0.223 e. The van der Waals surface area contributed by atoms with E-state index < -0.39 is 0 Å². The molecule has 1 fully saturated rings. The number of hydrogen-bond acceptors (Lipinski definition) is 2. The number of hydrogen-bond donors (Lipinski definition) is 1. The van der Waals surface area contributed by atoms with Crippen LogP contribution < -0.4 is 5.32 Å². The molecule has 1 unspecified atom stereocenters. The SMILES string of the molecule is CCC(NC(=O)C1CCN(Cc2ccccc2F)CC1)c1ccc2c(c1)CCCC2. The van der Waals surface area contributed by atoms with Gasteiger partial charge in [-0.3, -0.25) is 9.69 Å². The minimum Gasteiger partial charge on any atom is -0.349 e. The minimum atomic E-state index is -0.145. The van der Waals surface area contributed by atoms with E-state index in [9.17, 15) is 9.18 Å². The van der Waals surface area contributed by atoms with Crippen LogP contribution in [-0.2, 0) is 24.2 Å². The first kappa shape index (κ1) is 21.0. The Bertz CT molecular complexity index is 873. The van der Waals surface area contributed by atoms with Gasteiger partial charge in [-0.1, -0.05) is 43.3 Å². The van der Waals surface area contributed by atoms with Gasteiger partial charge in [0.05, 0.1) is 6.04 Å². The molecule has 0 spiro atoms. The number of fused-ring (bicyclic) bond motifs is 1. The monoisotopic (exact) mass is 408 g/mol. The summed E-state index contributed by atoms with van der Waals surface area (Å²) in [4.78, 5) is 15.2. The molecular weight excluding hydrogens is 375 g/mol. The summed E-state index contributed by atoms with van der Waals surface area (Å²) in [6, 6.07) is 13.8. The highest BCUT2D eigenvalue weighted by Gasteiger charge is 2.27. The Labute approximate surface area is 179 Å². The topological polar surface area (TPSA) is 32.3 Å². The van der Waals surface area contributed by atoms with Gasteiger partial charge in [0, 0.05) is 18.0 Å². The zero-order chi connectivity index (χ0) is 20.9. The summed E-state index contributed by atoms with van der Waals surface area (Å²) in [6.07, 6.45) is 7.47. The molecule has 2 aromatic rings. The van der Waals surface area contributed by atoms with Crippen LogP contribution in [0.25, 0.3) is 0 Å². The molecule has 2 aromatic carbocycles. The molecule has 4 heteroatoms. The second-order valence-corrected chi connectivity index (χ2v) is 8.85. The van der Waals surface area contributed by atoms with E-state index in [4.69, 9.17) is 0 Å². The van der Waals surface area contributed by atoms with Crippen molar-refractivity contribution in [2.45, 2.75) is 64.5 Å². The molecule has 1 atom stereocenters. The van der Waals surface area contributed by atoms with Gasteiger partial charge in [-0.25, -0.2) is 4.39 Å². The van der Waals surface area contributed by atoms with Gasteiger partial charge in [0.15, 0.2) is 0 Å². The van der Waals surface area contributed by atoms with Gasteiger partial charge in [-0.2, -0.15) is 0 Å². The van der Waals surface area contributed by atoms with E-state index in [1.54, 1.807) is 6.07 Å². The zero-order valence-electron chi connectivity index (χ0n) is 18.0. The molecule has 3 nitrogen and oxygen atoms in total. The van der Waals surface area contributed by atoms with Crippen LogP contribution in [-0.4, -0.2) is 23.9 Å². The molecule has 4 rings (SSSR count). The molecule has 1 aliphatic heterocycles. The summed E-state index contributed by atoms with van der Waals surface area (Å²) in [5.74, 6) is 0.0758. The van der Waals surface area contributed by atoms with Crippen LogP contribution in [0.15, 0.2) is 42.5 Å². The van der Waals surface area contributed by atoms with Gasteiger partial charge in [0.2, 0.25) is 5.91 Å². The van der Waals surface area contributed by atoms with Gasteiger partial charge in [-0.05, 0) is 80.8 Å². The van der Waals surface area contributed by atoms with Crippen LogP contribution >= 0.6 is 0 Å². The van der Waals surface area contributed by atoms with Gasteiger partial charge >= 0.3 is 0 Å². The molecule has 1 aliphatic carbocycles. The molecule has 1 saturated heterocycles. The van der Waals surface area contributed by atoms with E-state index in [0.717, 1.165) is 44.3 Å². The number of aryl methyl sites for hydroxylation is 2. The number of likely N-dealkylation sites (tertiary alicyclic amines) is 1. The lowest BCUT2D eigenvalue weighted by Gasteiger charge is -2.32. The predicted octanol–water partition coefficient (Wildman–Crippen LogP) is 5.18. The lowest BCUT2D eigenvalue weighted by molar-refractivity contribution is -0.127. The number of benzene rings is 2. The highest BCUT2D eigenvalue weighted by Crippen LogP contribution is 2.27. The van der Waals surface area contributed by atoms with Crippen LogP contribution in [0.1, 0.15) is 67.3 Å². The molecule has 1 N–H and O–H groups in total. The average Bonchev–Trinajstić information content (AvgIpc) is 2.79.